The van der Waals surface area contributed by atoms with E-state index in [1.165, 1.54) is 6.92 Å². The summed E-state index contributed by atoms with van der Waals surface area (Å²) in [6.07, 6.45) is 2.40. The maximum Gasteiger partial charge on any atom is 0.344 e. The molecule has 94 valence electrons. The predicted octanol–water partition coefficient (Wildman–Crippen LogP) is 2.69. The van der Waals surface area contributed by atoms with Gasteiger partial charge in [0.15, 0.2) is 6.10 Å². The van der Waals surface area contributed by atoms with E-state index in [-0.39, 0.29) is 0 Å². The van der Waals surface area contributed by atoms with Crippen LogP contribution in [0.5, 0.6) is 5.75 Å². The lowest BCUT2D eigenvalue weighted by molar-refractivity contribution is -0.144. The fourth-order valence-electron chi connectivity index (χ4n) is 1.44. The molecule has 0 spiro atoms. The quantitative estimate of drug-likeness (QED) is 0.910. The third-order valence-corrected chi connectivity index (χ3v) is 2.84. The summed E-state index contributed by atoms with van der Waals surface area (Å²) in [7, 11) is 0. The number of carboxylic acid groups (broad SMARTS) is 1. The van der Waals surface area contributed by atoms with Gasteiger partial charge in [-0.2, -0.15) is 0 Å². The van der Waals surface area contributed by atoms with Crippen molar-refractivity contribution in [3.8, 4) is 17.1 Å². The minimum atomic E-state index is -1.01. The van der Waals surface area contributed by atoms with E-state index in [9.17, 15) is 4.79 Å². The number of aliphatic carboxylic acids is 1. The first-order valence-electron chi connectivity index (χ1n) is 5.26. The maximum absolute atomic E-state index is 10.8. The summed E-state index contributed by atoms with van der Waals surface area (Å²) < 4.78 is 6.27. The highest BCUT2D eigenvalue weighted by molar-refractivity contribution is 9.10. The number of imidazole rings is 1. The normalized spacial score (nSPS) is 12.1. The number of H-pyrrole nitrogens is 1. The Labute approximate surface area is 112 Å². The van der Waals surface area contributed by atoms with Gasteiger partial charge in [0, 0.05) is 16.9 Å². The van der Waals surface area contributed by atoms with E-state index in [0.717, 1.165) is 4.47 Å². The molecule has 1 aromatic heterocycles. The molecule has 0 saturated carbocycles. The first kappa shape index (κ1) is 12.6. The van der Waals surface area contributed by atoms with Crippen LogP contribution in [-0.2, 0) is 4.79 Å². The second-order valence-electron chi connectivity index (χ2n) is 3.68. The van der Waals surface area contributed by atoms with Gasteiger partial charge in [-0.15, -0.1) is 0 Å². The fourth-order valence-corrected chi connectivity index (χ4v) is 1.80. The van der Waals surface area contributed by atoms with Crippen molar-refractivity contribution in [2.75, 3.05) is 0 Å². The Morgan fingerprint density at radius 1 is 1.56 bits per heavy atom. The lowest BCUT2D eigenvalue weighted by Gasteiger charge is -2.13. The average molecular weight is 311 g/mol. The molecule has 6 heteroatoms. The second kappa shape index (κ2) is 5.22. The number of nitrogens with zero attached hydrogens (tertiary/aromatic N) is 1. The Kier molecular flexibility index (Phi) is 3.66. The number of rotatable bonds is 4. The zero-order valence-corrected chi connectivity index (χ0v) is 11.1. The Hall–Kier alpha value is -1.82. The van der Waals surface area contributed by atoms with Gasteiger partial charge in [0.05, 0.1) is 5.56 Å². The monoisotopic (exact) mass is 310 g/mol. The molecular formula is C12H11BrN2O3. The molecular weight excluding hydrogens is 300 g/mol. The highest BCUT2D eigenvalue weighted by atomic mass is 79.9. The number of halogens is 1. The third-order valence-electron chi connectivity index (χ3n) is 2.35. The summed E-state index contributed by atoms with van der Waals surface area (Å²) in [5.41, 5.74) is 0.711. The standard InChI is InChI=1S/C12H11BrN2O3/c1-7(12(16)17)18-10-3-2-8(13)6-9(10)11-14-4-5-15-11/h2-7H,1H3,(H,14,15)(H,16,17)/t7-/m0/s1. The summed E-state index contributed by atoms with van der Waals surface area (Å²) in [5.74, 6) is 0.0928. The van der Waals surface area contributed by atoms with Gasteiger partial charge in [-0.25, -0.2) is 9.78 Å². The van der Waals surface area contributed by atoms with Crippen LogP contribution in [0.25, 0.3) is 11.4 Å². The Balaban J connectivity index is 2.38. The topological polar surface area (TPSA) is 75.2 Å². The lowest BCUT2D eigenvalue weighted by atomic mass is 10.2. The van der Waals surface area contributed by atoms with Gasteiger partial charge in [-0.05, 0) is 25.1 Å². The molecule has 0 amide bonds. The van der Waals surface area contributed by atoms with E-state index in [4.69, 9.17) is 9.84 Å². The molecule has 2 rings (SSSR count). The number of hydrogen-bond donors (Lipinski definition) is 2. The van der Waals surface area contributed by atoms with Gasteiger partial charge in [0.1, 0.15) is 11.6 Å². The summed E-state index contributed by atoms with van der Waals surface area (Å²) >= 11 is 3.36. The van der Waals surface area contributed by atoms with Crippen LogP contribution in [0.15, 0.2) is 35.1 Å². The van der Waals surface area contributed by atoms with E-state index in [1.54, 1.807) is 24.5 Å². The van der Waals surface area contributed by atoms with E-state index in [2.05, 4.69) is 25.9 Å². The largest absolute Gasteiger partial charge is 0.479 e. The van der Waals surface area contributed by atoms with Crippen molar-refractivity contribution >= 4 is 21.9 Å². The van der Waals surface area contributed by atoms with Gasteiger partial charge in [-0.3, -0.25) is 0 Å². The van der Waals surface area contributed by atoms with E-state index in [1.807, 2.05) is 6.07 Å². The molecule has 0 unspecified atom stereocenters. The van der Waals surface area contributed by atoms with Crippen LogP contribution in [0, 0.1) is 0 Å². The number of benzene rings is 1. The first-order valence-corrected chi connectivity index (χ1v) is 6.06. The SMILES string of the molecule is C[C@H](Oc1ccc(Br)cc1-c1ncc[nH]1)C(=O)O. The summed E-state index contributed by atoms with van der Waals surface area (Å²) in [6, 6.07) is 5.32. The van der Waals surface area contributed by atoms with Crippen molar-refractivity contribution < 1.29 is 14.6 Å². The second-order valence-corrected chi connectivity index (χ2v) is 4.59. The van der Waals surface area contributed by atoms with E-state index >= 15 is 0 Å². The van der Waals surface area contributed by atoms with Crippen LogP contribution in [0.2, 0.25) is 0 Å². The van der Waals surface area contributed by atoms with Gasteiger partial charge in [-0.1, -0.05) is 15.9 Å². The zero-order valence-electron chi connectivity index (χ0n) is 9.55. The molecule has 2 aromatic rings. The maximum atomic E-state index is 10.8. The van der Waals surface area contributed by atoms with Crippen LogP contribution < -0.4 is 4.74 Å². The van der Waals surface area contributed by atoms with Crippen molar-refractivity contribution in [1.82, 2.24) is 9.97 Å². The van der Waals surface area contributed by atoms with Crippen molar-refractivity contribution in [2.45, 2.75) is 13.0 Å². The Bertz CT molecular complexity index is 554. The molecule has 0 saturated heterocycles. The average Bonchev–Trinajstić information content (AvgIpc) is 2.84. The van der Waals surface area contributed by atoms with Crippen molar-refractivity contribution in [3.05, 3.63) is 35.1 Å². The van der Waals surface area contributed by atoms with E-state index in [0.29, 0.717) is 17.1 Å². The zero-order chi connectivity index (χ0) is 13.1. The van der Waals surface area contributed by atoms with Gasteiger partial charge in [0.2, 0.25) is 0 Å². The van der Waals surface area contributed by atoms with Gasteiger partial charge < -0.3 is 14.8 Å². The fraction of sp³-hybridized carbons (Fsp3) is 0.167. The molecule has 18 heavy (non-hydrogen) atoms. The first-order chi connectivity index (χ1) is 8.58. The third kappa shape index (κ3) is 2.70. The van der Waals surface area contributed by atoms with Crippen molar-refractivity contribution in [2.24, 2.45) is 0 Å². The summed E-state index contributed by atoms with van der Waals surface area (Å²) in [5, 5.41) is 8.86. The number of aromatic nitrogens is 2. The van der Waals surface area contributed by atoms with Crippen molar-refractivity contribution in [1.29, 1.82) is 0 Å². The summed E-state index contributed by atoms with van der Waals surface area (Å²) in [4.78, 5) is 17.9. The van der Waals surface area contributed by atoms with Crippen LogP contribution in [0.4, 0.5) is 0 Å². The molecule has 2 N–H and O–H groups in total. The van der Waals surface area contributed by atoms with E-state index < -0.39 is 12.1 Å². The minimum absolute atomic E-state index is 0.475. The molecule has 0 fully saturated rings. The number of hydrogen-bond acceptors (Lipinski definition) is 3. The molecule has 1 heterocycles. The lowest BCUT2D eigenvalue weighted by Crippen LogP contribution is -2.23. The highest BCUT2D eigenvalue weighted by Gasteiger charge is 2.16. The highest BCUT2D eigenvalue weighted by Crippen LogP contribution is 2.31. The molecule has 0 aliphatic rings. The van der Waals surface area contributed by atoms with Crippen LogP contribution in [0.1, 0.15) is 6.92 Å². The molecule has 0 bridgehead atoms. The number of carbonyl (C=O) groups is 1. The Morgan fingerprint density at radius 3 is 2.94 bits per heavy atom. The number of aromatic amines is 1. The molecule has 0 aliphatic carbocycles. The number of ether oxygens (including phenoxy) is 1. The smallest absolute Gasteiger partial charge is 0.344 e. The number of nitrogens with one attached hydrogen (secondary N) is 1. The number of carboxylic acids is 1. The van der Waals surface area contributed by atoms with Gasteiger partial charge >= 0.3 is 5.97 Å². The molecule has 0 radical (unpaired) electrons. The predicted molar refractivity (Wildman–Crippen MR) is 69.4 cm³/mol. The molecule has 1 aromatic carbocycles. The van der Waals surface area contributed by atoms with Crippen LogP contribution in [-0.4, -0.2) is 27.1 Å². The summed E-state index contributed by atoms with van der Waals surface area (Å²) in [6.45, 7) is 1.48. The Morgan fingerprint density at radius 2 is 2.33 bits per heavy atom. The molecule has 1 atom stereocenters. The van der Waals surface area contributed by atoms with Gasteiger partial charge in [0.25, 0.3) is 0 Å². The van der Waals surface area contributed by atoms with Crippen LogP contribution >= 0.6 is 15.9 Å². The van der Waals surface area contributed by atoms with Crippen LogP contribution in [0.3, 0.4) is 0 Å². The minimum Gasteiger partial charge on any atom is -0.479 e. The molecule has 0 aliphatic heterocycles. The molecule has 5 nitrogen and oxygen atoms in total. The van der Waals surface area contributed by atoms with Crippen molar-refractivity contribution in [3.63, 3.8) is 0 Å².